The Bertz CT molecular complexity index is 183. The molecule has 0 atom stereocenters. The van der Waals surface area contributed by atoms with Crippen LogP contribution in [-0.4, -0.2) is 67.4 Å². The van der Waals surface area contributed by atoms with Crippen molar-refractivity contribution in [2.24, 2.45) is 0 Å². The van der Waals surface area contributed by atoms with Crippen LogP contribution in [-0.2, 0) is 0 Å². The number of nitrogens with one attached hydrogen (secondary N) is 1. The Morgan fingerprint density at radius 3 is 2.56 bits per heavy atom. The molecule has 0 aliphatic heterocycles. The van der Waals surface area contributed by atoms with Gasteiger partial charge in [-0.2, -0.15) is 0 Å². The van der Waals surface area contributed by atoms with E-state index in [4.69, 9.17) is 5.11 Å². The standard InChI is InChI=1S/C5H5NO2.K.H/c7-5(8)4-2-1-3-6-4;;/h1-3,6H,(H,7,8);;. The number of rotatable bonds is 1. The van der Waals surface area contributed by atoms with E-state index in [9.17, 15) is 4.79 Å². The summed E-state index contributed by atoms with van der Waals surface area (Å²) in [5, 5.41) is 8.24. The molecule has 0 spiro atoms. The minimum atomic E-state index is -0.921. The Labute approximate surface area is 94.9 Å². The summed E-state index contributed by atoms with van der Waals surface area (Å²) >= 11 is 0. The molecule has 44 valence electrons. The summed E-state index contributed by atoms with van der Waals surface area (Å²) in [5.41, 5.74) is 0.227. The van der Waals surface area contributed by atoms with Gasteiger partial charge in [0.25, 0.3) is 0 Å². The van der Waals surface area contributed by atoms with Crippen molar-refractivity contribution in [2.75, 3.05) is 0 Å². The van der Waals surface area contributed by atoms with E-state index in [0.29, 0.717) is 0 Å². The molecular weight excluding hydrogens is 145 g/mol. The molecule has 0 aliphatic carbocycles. The van der Waals surface area contributed by atoms with Crippen LogP contribution in [0.3, 0.4) is 0 Å². The fraction of sp³-hybridized carbons (Fsp3) is 0. The molecule has 0 bridgehead atoms. The summed E-state index contributed by atoms with van der Waals surface area (Å²) in [4.78, 5) is 12.6. The molecule has 0 aromatic carbocycles. The minimum absolute atomic E-state index is 0. The molecule has 0 unspecified atom stereocenters. The van der Waals surface area contributed by atoms with Crippen molar-refractivity contribution in [3.8, 4) is 0 Å². The molecular formula is C5H6KNO2. The van der Waals surface area contributed by atoms with E-state index in [1.165, 1.54) is 6.07 Å². The Kier molecular flexibility index (Phi) is 4.42. The van der Waals surface area contributed by atoms with E-state index in [2.05, 4.69) is 4.98 Å². The van der Waals surface area contributed by atoms with Crippen LogP contribution in [0.25, 0.3) is 0 Å². The first-order valence-electron chi connectivity index (χ1n) is 2.17. The average molecular weight is 151 g/mol. The second kappa shape index (κ2) is 4.24. The molecule has 1 rings (SSSR count). The first-order valence-corrected chi connectivity index (χ1v) is 2.17. The average Bonchev–Trinajstić information content (AvgIpc) is 2.12. The molecule has 1 heterocycles. The van der Waals surface area contributed by atoms with E-state index >= 15 is 0 Å². The van der Waals surface area contributed by atoms with Gasteiger partial charge < -0.3 is 10.1 Å². The number of carboxylic acids is 1. The van der Waals surface area contributed by atoms with Crippen LogP contribution in [0.5, 0.6) is 0 Å². The van der Waals surface area contributed by atoms with Gasteiger partial charge >= 0.3 is 57.4 Å². The Morgan fingerprint density at radius 2 is 2.33 bits per heavy atom. The van der Waals surface area contributed by atoms with Crippen molar-refractivity contribution < 1.29 is 9.90 Å². The summed E-state index contributed by atoms with van der Waals surface area (Å²) in [6.07, 6.45) is 1.57. The predicted molar refractivity (Wildman–Crippen MR) is 34.9 cm³/mol. The molecule has 1 aromatic heterocycles. The van der Waals surface area contributed by atoms with Crippen molar-refractivity contribution in [3.63, 3.8) is 0 Å². The maximum absolute atomic E-state index is 10.0. The zero-order chi connectivity index (χ0) is 5.98. The van der Waals surface area contributed by atoms with Gasteiger partial charge in [0.05, 0.1) is 0 Å². The van der Waals surface area contributed by atoms with Crippen LogP contribution in [0.1, 0.15) is 10.5 Å². The third kappa shape index (κ3) is 2.64. The van der Waals surface area contributed by atoms with Crippen molar-refractivity contribution in [3.05, 3.63) is 24.0 Å². The van der Waals surface area contributed by atoms with Crippen LogP contribution in [0.15, 0.2) is 18.3 Å². The Morgan fingerprint density at radius 1 is 1.67 bits per heavy atom. The normalized spacial score (nSPS) is 8.00. The fourth-order valence-corrected chi connectivity index (χ4v) is 0.463. The third-order valence-corrected chi connectivity index (χ3v) is 0.828. The van der Waals surface area contributed by atoms with E-state index in [0.717, 1.165) is 0 Å². The second-order valence-corrected chi connectivity index (χ2v) is 1.39. The van der Waals surface area contributed by atoms with Gasteiger partial charge in [0, 0.05) is 6.20 Å². The number of hydrogen-bond donors (Lipinski definition) is 2. The predicted octanol–water partition coefficient (Wildman–Crippen LogP) is 0.0644. The van der Waals surface area contributed by atoms with Gasteiger partial charge in [0.1, 0.15) is 5.69 Å². The number of aromatic nitrogens is 1. The topological polar surface area (TPSA) is 53.1 Å². The summed E-state index contributed by atoms with van der Waals surface area (Å²) < 4.78 is 0. The number of aromatic carboxylic acids is 1. The van der Waals surface area contributed by atoms with Crippen LogP contribution in [0.2, 0.25) is 0 Å². The van der Waals surface area contributed by atoms with Crippen molar-refractivity contribution >= 4 is 57.4 Å². The van der Waals surface area contributed by atoms with Gasteiger partial charge in [-0.3, -0.25) is 0 Å². The Hall–Kier alpha value is 0.386. The molecule has 0 saturated carbocycles. The number of aromatic amines is 1. The van der Waals surface area contributed by atoms with Crippen molar-refractivity contribution in [2.45, 2.75) is 0 Å². The van der Waals surface area contributed by atoms with E-state index in [-0.39, 0.29) is 57.1 Å². The number of carboxylic acid groups (broad SMARTS) is 1. The van der Waals surface area contributed by atoms with Crippen molar-refractivity contribution in [1.82, 2.24) is 4.98 Å². The zero-order valence-corrected chi connectivity index (χ0v) is 4.09. The van der Waals surface area contributed by atoms with E-state index < -0.39 is 5.97 Å². The number of H-pyrrole nitrogens is 1. The second-order valence-electron chi connectivity index (χ2n) is 1.39. The molecule has 0 amide bonds. The first kappa shape index (κ1) is 9.39. The molecule has 4 heteroatoms. The van der Waals surface area contributed by atoms with Crippen LogP contribution in [0, 0.1) is 0 Å². The third-order valence-electron chi connectivity index (χ3n) is 0.828. The van der Waals surface area contributed by atoms with Gasteiger partial charge in [0.2, 0.25) is 0 Å². The molecule has 1 aromatic rings. The summed E-state index contributed by atoms with van der Waals surface area (Å²) in [6.45, 7) is 0. The van der Waals surface area contributed by atoms with Gasteiger partial charge in [-0.05, 0) is 12.1 Å². The molecule has 0 radical (unpaired) electrons. The quantitative estimate of drug-likeness (QED) is 0.558. The molecule has 0 aliphatic rings. The number of hydrogen-bond acceptors (Lipinski definition) is 1. The summed E-state index contributed by atoms with van der Waals surface area (Å²) in [7, 11) is 0. The summed E-state index contributed by atoms with van der Waals surface area (Å²) in [5.74, 6) is -0.921. The first-order chi connectivity index (χ1) is 3.80. The molecule has 0 saturated heterocycles. The van der Waals surface area contributed by atoms with Crippen molar-refractivity contribution in [1.29, 1.82) is 0 Å². The molecule has 0 fully saturated rings. The van der Waals surface area contributed by atoms with Gasteiger partial charge in [-0.15, -0.1) is 0 Å². The van der Waals surface area contributed by atoms with E-state index in [1.54, 1.807) is 12.3 Å². The van der Waals surface area contributed by atoms with Gasteiger partial charge in [-0.25, -0.2) is 4.79 Å². The molecule has 2 N–H and O–H groups in total. The van der Waals surface area contributed by atoms with Crippen LogP contribution >= 0.6 is 0 Å². The van der Waals surface area contributed by atoms with Gasteiger partial charge in [0.15, 0.2) is 0 Å². The van der Waals surface area contributed by atoms with Crippen LogP contribution in [0.4, 0.5) is 0 Å². The molecule has 3 nitrogen and oxygen atoms in total. The maximum atomic E-state index is 10.0. The monoisotopic (exact) mass is 151 g/mol. The SMILES string of the molecule is O=C(O)c1ccc[nH]1.[KH]. The molecule has 9 heavy (non-hydrogen) atoms. The van der Waals surface area contributed by atoms with E-state index in [1.807, 2.05) is 0 Å². The summed E-state index contributed by atoms with van der Waals surface area (Å²) in [6, 6.07) is 3.14. The zero-order valence-electron chi connectivity index (χ0n) is 4.09. The van der Waals surface area contributed by atoms with Gasteiger partial charge in [-0.1, -0.05) is 0 Å². The number of carbonyl (C=O) groups is 1. The Balaban J connectivity index is 0.000000640. The van der Waals surface area contributed by atoms with Crippen LogP contribution < -0.4 is 0 Å². The fourth-order valence-electron chi connectivity index (χ4n) is 0.463.